The summed E-state index contributed by atoms with van der Waals surface area (Å²) >= 11 is 0. The van der Waals surface area contributed by atoms with E-state index < -0.39 is 67.8 Å². The number of likely N-dealkylation sites (N-methyl/N-ethyl adjacent to an activating group) is 1. The van der Waals surface area contributed by atoms with E-state index in [1.54, 1.807) is 27.7 Å². The zero-order valence-corrected chi connectivity index (χ0v) is 15.3. The number of esters is 1. The first kappa shape index (κ1) is 9.58. The van der Waals surface area contributed by atoms with Crippen LogP contribution in [0.1, 0.15) is 53.1 Å². The van der Waals surface area contributed by atoms with E-state index in [1.165, 1.54) is 12.1 Å². The monoisotopic (exact) mass is 371 g/mol. The minimum atomic E-state index is -3.57. The lowest BCUT2D eigenvalue weighted by atomic mass is 9.78. The summed E-state index contributed by atoms with van der Waals surface area (Å²) in [6, 6.07) is 3.51. The second-order valence-electron chi connectivity index (χ2n) is 7.01. The van der Waals surface area contributed by atoms with Gasteiger partial charge in [-0.05, 0) is 58.3 Å². The van der Waals surface area contributed by atoms with Crippen LogP contribution in [0.3, 0.4) is 0 Å². The molecular weight excluding hydrogens is 331 g/mol. The fourth-order valence-corrected chi connectivity index (χ4v) is 2.50. The lowest BCUT2D eigenvalue weighted by Crippen LogP contribution is -2.45. The van der Waals surface area contributed by atoms with E-state index in [1.807, 2.05) is 0 Å². The second-order valence-corrected chi connectivity index (χ2v) is 7.01. The van der Waals surface area contributed by atoms with Gasteiger partial charge in [0.2, 0.25) is 0 Å². The third kappa shape index (κ3) is 3.61. The third-order valence-electron chi connectivity index (χ3n) is 4.69. The fourth-order valence-electron chi connectivity index (χ4n) is 2.50. The molecule has 2 heterocycles. The minimum Gasteiger partial charge on any atom is -0.465 e. The van der Waals surface area contributed by atoms with E-state index in [2.05, 4.69) is 0 Å². The van der Waals surface area contributed by atoms with Gasteiger partial charge in [-0.3, -0.25) is 0 Å². The minimum absolute atomic E-state index is 0.127. The predicted molar refractivity (Wildman–Crippen MR) is 103 cm³/mol. The van der Waals surface area contributed by atoms with Gasteiger partial charge in [0, 0.05) is 41.3 Å². The van der Waals surface area contributed by atoms with Gasteiger partial charge in [-0.25, -0.2) is 4.79 Å². The van der Waals surface area contributed by atoms with Crippen molar-refractivity contribution < 1.29 is 33.9 Å². The topological polar surface area (TPSA) is 51.2 Å². The highest BCUT2D eigenvalue weighted by atomic mass is 16.7. The van der Waals surface area contributed by atoms with Crippen molar-refractivity contribution in [3.8, 4) is 0 Å². The first-order valence-electron chi connectivity index (χ1n) is 13.6. The average molecular weight is 371 g/mol. The van der Waals surface area contributed by atoms with Crippen molar-refractivity contribution in [2.75, 3.05) is 45.0 Å². The third-order valence-corrected chi connectivity index (χ3v) is 4.69. The zero-order chi connectivity index (χ0) is 28.8. The molecule has 7 heteroatoms. The van der Waals surface area contributed by atoms with Crippen LogP contribution in [0, 0.1) is 0 Å². The molecule has 0 spiro atoms. The first-order valence-corrected chi connectivity index (χ1v) is 8.06. The van der Waals surface area contributed by atoms with Crippen LogP contribution in [0.15, 0.2) is 18.2 Å². The highest BCUT2D eigenvalue weighted by Gasteiger charge is 2.51. The SMILES string of the molecule is [2H]C([2H])([2H])N1C([2H])([2H])C([2H])([2H])N(c2cc(B3OC(C)(C)C(C)(C)O3)cc(C(=O)OC)c2)C([2H])([2H])C1([2H])[2H]. The quantitative estimate of drug-likeness (QED) is 0.593. The maximum absolute atomic E-state index is 12.5. The highest BCUT2D eigenvalue weighted by molar-refractivity contribution is 6.62. The van der Waals surface area contributed by atoms with Crippen LogP contribution in [0.2, 0.25) is 0 Å². The smallest absolute Gasteiger partial charge is 0.465 e. The maximum atomic E-state index is 12.5. The molecule has 0 unspecified atom stereocenters. The first-order chi connectivity index (χ1) is 16.4. The van der Waals surface area contributed by atoms with E-state index in [4.69, 9.17) is 29.1 Å². The van der Waals surface area contributed by atoms with Gasteiger partial charge in [-0.2, -0.15) is 0 Å². The molecule has 2 fully saturated rings. The number of hydrogen-bond donors (Lipinski definition) is 0. The Morgan fingerprint density at radius 3 is 2.31 bits per heavy atom. The molecule has 0 saturated carbocycles. The van der Waals surface area contributed by atoms with Crippen LogP contribution < -0.4 is 10.4 Å². The Hall–Kier alpha value is -1.57. The van der Waals surface area contributed by atoms with Crippen LogP contribution in [0.4, 0.5) is 5.69 Å². The standard InChI is InChI=1S/C19H29BN2O4/c1-18(2)19(3,4)26-20(25-18)15-11-14(17(23)24-6)12-16(13-15)22-9-7-21(5)8-10-22/h11-13H,7-10H2,1-6H3/i5D3,7D2,8D2,9D2,10D2. The van der Waals surface area contributed by atoms with E-state index in [0.29, 0.717) is 0 Å². The number of carbonyl (C=O) groups excluding carboxylic acids is 1. The summed E-state index contributed by atoms with van der Waals surface area (Å²) in [6.07, 6.45) is 0. The van der Waals surface area contributed by atoms with Crippen molar-refractivity contribution in [1.82, 2.24) is 4.90 Å². The molecule has 2 saturated heterocycles. The van der Waals surface area contributed by atoms with E-state index in [9.17, 15) is 4.79 Å². The van der Waals surface area contributed by atoms with Crippen LogP contribution in [-0.2, 0) is 14.0 Å². The molecule has 0 aliphatic carbocycles. The lowest BCUT2D eigenvalue weighted by molar-refractivity contribution is 0.00578. The number of anilines is 1. The molecule has 6 nitrogen and oxygen atoms in total. The van der Waals surface area contributed by atoms with Crippen molar-refractivity contribution in [3.05, 3.63) is 23.8 Å². The van der Waals surface area contributed by atoms with Gasteiger partial charge in [0.15, 0.2) is 0 Å². The van der Waals surface area contributed by atoms with Gasteiger partial charge in [0.25, 0.3) is 0 Å². The van der Waals surface area contributed by atoms with Crippen LogP contribution in [-0.4, -0.2) is 69.3 Å². The summed E-state index contributed by atoms with van der Waals surface area (Å²) < 4.78 is 107. The number of carbonyl (C=O) groups is 1. The van der Waals surface area contributed by atoms with Crippen LogP contribution in [0.5, 0.6) is 0 Å². The van der Waals surface area contributed by atoms with Gasteiger partial charge in [-0.1, -0.05) is 0 Å². The Morgan fingerprint density at radius 2 is 1.77 bits per heavy atom. The molecule has 26 heavy (non-hydrogen) atoms. The number of hydrogen-bond acceptors (Lipinski definition) is 6. The molecule has 1 aromatic carbocycles. The summed E-state index contributed by atoms with van der Waals surface area (Å²) in [5.41, 5.74) is -2.16. The molecule has 0 atom stereocenters. The van der Waals surface area contributed by atoms with Crippen LogP contribution >= 0.6 is 0 Å². The largest absolute Gasteiger partial charge is 0.494 e. The molecule has 0 radical (unpaired) electrons. The molecule has 0 amide bonds. The Kier molecular flexibility index (Phi) is 2.53. The molecule has 2 aliphatic rings. The molecule has 3 rings (SSSR count). The average Bonchev–Trinajstić information content (AvgIpc) is 2.91. The van der Waals surface area contributed by atoms with Gasteiger partial charge < -0.3 is 23.8 Å². The van der Waals surface area contributed by atoms with Gasteiger partial charge in [0.1, 0.15) is 0 Å². The summed E-state index contributed by atoms with van der Waals surface area (Å²) in [5.74, 6) is -0.895. The number of piperazine rings is 1. The van der Waals surface area contributed by atoms with Crippen molar-refractivity contribution in [3.63, 3.8) is 0 Å². The second kappa shape index (κ2) is 6.87. The Labute approximate surface area is 172 Å². The number of methoxy groups -OCH3 is 1. The predicted octanol–water partition coefficient (Wildman–Crippen LogP) is 1.52. The molecule has 2 aliphatic heterocycles. The van der Waals surface area contributed by atoms with Gasteiger partial charge in [-0.15, -0.1) is 0 Å². The molecule has 0 aromatic heterocycles. The van der Waals surface area contributed by atoms with Gasteiger partial charge >= 0.3 is 13.1 Å². The van der Waals surface area contributed by atoms with Crippen molar-refractivity contribution in [2.45, 2.75) is 38.9 Å². The van der Waals surface area contributed by atoms with E-state index in [0.717, 1.165) is 13.2 Å². The summed E-state index contributed by atoms with van der Waals surface area (Å²) in [7, 11) is -0.0174. The van der Waals surface area contributed by atoms with E-state index in [-0.39, 0.29) is 15.9 Å². The van der Waals surface area contributed by atoms with Crippen LogP contribution in [0.25, 0.3) is 0 Å². The number of nitrogens with zero attached hydrogens (tertiary/aromatic N) is 2. The fraction of sp³-hybridized carbons (Fsp3) is 0.632. The summed E-state index contributed by atoms with van der Waals surface area (Å²) in [6.45, 7) is -10.5. The van der Waals surface area contributed by atoms with Crippen molar-refractivity contribution >= 4 is 24.2 Å². The molecule has 1 aromatic rings. The number of rotatable bonds is 3. The lowest BCUT2D eigenvalue weighted by Gasteiger charge is -2.34. The molecular formula is C19H29BN2O4. The summed E-state index contributed by atoms with van der Waals surface area (Å²) in [5, 5.41) is 0. The highest BCUT2D eigenvalue weighted by Crippen LogP contribution is 2.36. The summed E-state index contributed by atoms with van der Waals surface area (Å²) in [4.78, 5) is 12.2. The molecule has 142 valence electrons. The normalized spacial score (nSPS) is 37.0. The zero-order valence-electron chi connectivity index (χ0n) is 26.3. The molecule has 0 bridgehead atoms. The van der Waals surface area contributed by atoms with Gasteiger partial charge in [0.05, 0.1) is 29.4 Å². The Morgan fingerprint density at radius 1 is 1.15 bits per heavy atom. The van der Waals surface area contributed by atoms with E-state index >= 15 is 0 Å². The number of ether oxygens (including phenoxy) is 1. The Bertz CT molecular complexity index is 1050. The molecule has 0 N–H and O–H groups in total. The number of benzene rings is 1. The Balaban J connectivity index is 2.29. The van der Waals surface area contributed by atoms with Crippen molar-refractivity contribution in [2.24, 2.45) is 0 Å². The van der Waals surface area contributed by atoms with Crippen molar-refractivity contribution in [1.29, 1.82) is 0 Å². The maximum Gasteiger partial charge on any atom is 0.494 e.